The fourth-order valence-electron chi connectivity index (χ4n) is 4.35. The average molecular weight is 565 g/mol. The summed E-state index contributed by atoms with van der Waals surface area (Å²) in [4.78, 5) is 32.2. The molecule has 210 valence electrons. The van der Waals surface area contributed by atoms with E-state index in [0.29, 0.717) is 44.3 Å². The maximum absolute atomic E-state index is 13.9. The molecule has 40 heavy (non-hydrogen) atoms. The number of phenolic OH excluding ortho intramolecular Hbond substituents is 1. The minimum absolute atomic E-state index is 0.00418. The molecule has 1 atom stereocenters. The SMILES string of the molecule is C=CCOC(=O)C1=C(C)N=c2s/c(=C\c3ccc(O)c(OC)c3)c(=O)n2C1c1ccc(OCCCC)c(OC)c1. The van der Waals surface area contributed by atoms with Crippen molar-refractivity contribution >= 4 is 23.4 Å². The van der Waals surface area contributed by atoms with Crippen LogP contribution in [0.15, 0.2) is 70.1 Å². The zero-order chi connectivity index (χ0) is 28.8. The van der Waals surface area contributed by atoms with Crippen molar-refractivity contribution in [3.05, 3.63) is 91.1 Å². The largest absolute Gasteiger partial charge is 0.504 e. The van der Waals surface area contributed by atoms with E-state index in [1.165, 1.54) is 35.2 Å². The van der Waals surface area contributed by atoms with Crippen LogP contribution in [0.4, 0.5) is 0 Å². The number of aromatic hydroxyl groups is 1. The van der Waals surface area contributed by atoms with Gasteiger partial charge in [0.25, 0.3) is 5.56 Å². The van der Waals surface area contributed by atoms with E-state index < -0.39 is 12.0 Å². The molecule has 0 fully saturated rings. The maximum Gasteiger partial charge on any atom is 0.338 e. The number of carbonyl (C=O) groups is 1. The van der Waals surface area contributed by atoms with Crippen LogP contribution in [0.2, 0.25) is 0 Å². The normalized spacial score (nSPS) is 14.8. The number of methoxy groups -OCH3 is 2. The van der Waals surface area contributed by atoms with E-state index in [-0.39, 0.29) is 29.2 Å². The third-order valence-electron chi connectivity index (χ3n) is 6.33. The lowest BCUT2D eigenvalue weighted by molar-refractivity contribution is -0.138. The van der Waals surface area contributed by atoms with E-state index in [0.717, 1.165) is 12.8 Å². The van der Waals surface area contributed by atoms with Crippen LogP contribution in [0.1, 0.15) is 43.9 Å². The number of rotatable bonds is 11. The Hall–Kier alpha value is -4.31. The summed E-state index contributed by atoms with van der Waals surface area (Å²) < 4.78 is 24.0. The van der Waals surface area contributed by atoms with Gasteiger partial charge in [-0.05, 0) is 54.8 Å². The van der Waals surface area contributed by atoms with Crippen LogP contribution in [-0.2, 0) is 9.53 Å². The maximum atomic E-state index is 13.9. The Morgan fingerprint density at radius 2 is 1.93 bits per heavy atom. The molecule has 0 saturated heterocycles. The second kappa shape index (κ2) is 12.7. The number of ether oxygens (including phenoxy) is 4. The molecule has 4 rings (SSSR count). The lowest BCUT2D eigenvalue weighted by Crippen LogP contribution is -2.40. The number of benzene rings is 2. The predicted molar refractivity (Wildman–Crippen MR) is 153 cm³/mol. The van der Waals surface area contributed by atoms with Gasteiger partial charge in [-0.2, -0.15) is 0 Å². The van der Waals surface area contributed by atoms with Crippen molar-refractivity contribution in [2.75, 3.05) is 27.4 Å². The quantitative estimate of drug-likeness (QED) is 0.214. The van der Waals surface area contributed by atoms with Crippen LogP contribution in [0, 0.1) is 0 Å². The summed E-state index contributed by atoms with van der Waals surface area (Å²) >= 11 is 1.20. The second-order valence-electron chi connectivity index (χ2n) is 9.01. The van der Waals surface area contributed by atoms with E-state index in [9.17, 15) is 14.7 Å². The van der Waals surface area contributed by atoms with Gasteiger partial charge >= 0.3 is 5.97 Å². The summed E-state index contributed by atoms with van der Waals surface area (Å²) in [6, 6.07) is 9.37. The number of fused-ring (bicyclic) bond motifs is 1. The Morgan fingerprint density at radius 1 is 1.15 bits per heavy atom. The van der Waals surface area contributed by atoms with Crippen molar-refractivity contribution in [1.82, 2.24) is 4.57 Å². The number of aromatic nitrogens is 1. The minimum atomic E-state index is -0.816. The molecular formula is C30H32N2O7S. The molecule has 1 N–H and O–H groups in total. The molecule has 0 spiro atoms. The highest BCUT2D eigenvalue weighted by Crippen LogP contribution is 2.36. The summed E-state index contributed by atoms with van der Waals surface area (Å²) in [5, 5.41) is 9.95. The van der Waals surface area contributed by atoms with Gasteiger partial charge < -0.3 is 24.1 Å². The van der Waals surface area contributed by atoms with Gasteiger partial charge in [0.05, 0.1) is 42.7 Å². The molecule has 1 aliphatic heterocycles. The number of allylic oxidation sites excluding steroid dienone is 1. The van der Waals surface area contributed by atoms with Crippen molar-refractivity contribution in [2.45, 2.75) is 32.7 Å². The smallest absolute Gasteiger partial charge is 0.338 e. The molecule has 0 saturated carbocycles. The van der Waals surface area contributed by atoms with E-state index >= 15 is 0 Å². The lowest BCUT2D eigenvalue weighted by Gasteiger charge is -2.25. The molecule has 1 aromatic heterocycles. The number of carbonyl (C=O) groups excluding carboxylic acids is 1. The minimum Gasteiger partial charge on any atom is -0.504 e. The van der Waals surface area contributed by atoms with Crippen LogP contribution in [0.3, 0.4) is 0 Å². The number of nitrogens with zero attached hydrogens (tertiary/aromatic N) is 2. The molecular weight excluding hydrogens is 532 g/mol. The van der Waals surface area contributed by atoms with Crippen molar-refractivity contribution in [1.29, 1.82) is 0 Å². The highest BCUT2D eigenvalue weighted by atomic mass is 32.1. The highest BCUT2D eigenvalue weighted by molar-refractivity contribution is 7.07. The summed E-state index contributed by atoms with van der Waals surface area (Å²) in [5.74, 6) is 0.752. The number of unbranched alkanes of at least 4 members (excludes halogenated alkanes) is 1. The fourth-order valence-corrected chi connectivity index (χ4v) is 5.39. The second-order valence-corrected chi connectivity index (χ2v) is 10.0. The first-order valence-corrected chi connectivity index (χ1v) is 13.6. The van der Waals surface area contributed by atoms with Crippen LogP contribution in [-0.4, -0.2) is 43.1 Å². The van der Waals surface area contributed by atoms with Gasteiger partial charge in [-0.1, -0.05) is 49.5 Å². The fraction of sp³-hybridized carbons (Fsp3) is 0.300. The molecule has 1 aliphatic rings. The van der Waals surface area contributed by atoms with Gasteiger partial charge in [0.15, 0.2) is 27.8 Å². The number of hydrogen-bond acceptors (Lipinski definition) is 9. The monoisotopic (exact) mass is 564 g/mol. The van der Waals surface area contributed by atoms with Gasteiger partial charge in [0, 0.05) is 0 Å². The van der Waals surface area contributed by atoms with Crippen molar-refractivity contribution in [3.8, 4) is 23.0 Å². The third kappa shape index (κ3) is 5.81. The molecule has 0 bridgehead atoms. The molecule has 2 heterocycles. The topological polar surface area (TPSA) is 109 Å². The average Bonchev–Trinajstić information content (AvgIpc) is 3.26. The Kier molecular flexibility index (Phi) is 9.11. The molecule has 0 radical (unpaired) electrons. The van der Waals surface area contributed by atoms with Gasteiger partial charge in [-0.25, -0.2) is 9.79 Å². The number of esters is 1. The molecule has 1 unspecified atom stereocenters. The van der Waals surface area contributed by atoms with Crippen molar-refractivity contribution in [2.24, 2.45) is 4.99 Å². The first kappa shape index (κ1) is 28.7. The van der Waals surface area contributed by atoms with E-state index in [1.54, 1.807) is 44.4 Å². The molecule has 3 aromatic rings. The van der Waals surface area contributed by atoms with Gasteiger partial charge in [-0.15, -0.1) is 0 Å². The zero-order valence-electron chi connectivity index (χ0n) is 22.9. The molecule has 2 aromatic carbocycles. The summed E-state index contributed by atoms with van der Waals surface area (Å²) in [5.41, 5.74) is 1.66. The first-order chi connectivity index (χ1) is 19.3. The molecule has 9 nitrogen and oxygen atoms in total. The van der Waals surface area contributed by atoms with Crippen molar-refractivity contribution < 1.29 is 28.8 Å². The standard InChI is InChI=1S/C30H32N2O7S/c1-6-8-14-38-22-12-10-20(17-24(22)37-5)27-26(29(35)39-13-7-2)18(3)31-30-32(27)28(34)25(40-30)16-19-9-11-21(33)23(15-19)36-4/h7,9-12,15-17,27,33H,2,6,8,13-14H2,1,3-5H3/b25-16-. The van der Waals surface area contributed by atoms with Gasteiger partial charge in [-0.3, -0.25) is 9.36 Å². The summed E-state index contributed by atoms with van der Waals surface area (Å²) in [6.45, 7) is 7.98. The lowest BCUT2D eigenvalue weighted by atomic mass is 9.95. The van der Waals surface area contributed by atoms with Gasteiger partial charge in [0.1, 0.15) is 6.61 Å². The van der Waals surface area contributed by atoms with Crippen LogP contribution in [0.5, 0.6) is 23.0 Å². The zero-order valence-corrected chi connectivity index (χ0v) is 23.7. The van der Waals surface area contributed by atoms with Crippen molar-refractivity contribution in [3.63, 3.8) is 0 Å². The number of phenols is 1. The summed E-state index contributed by atoms with van der Waals surface area (Å²) in [7, 11) is 3.00. The highest BCUT2D eigenvalue weighted by Gasteiger charge is 2.34. The van der Waals surface area contributed by atoms with Gasteiger partial charge in [0.2, 0.25) is 0 Å². The number of thiazole rings is 1. The molecule has 0 amide bonds. The first-order valence-electron chi connectivity index (χ1n) is 12.8. The van der Waals surface area contributed by atoms with Crippen LogP contribution < -0.4 is 29.1 Å². The van der Waals surface area contributed by atoms with Crippen LogP contribution in [0.25, 0.3) is 6.08 Å². The Morgan fingerprint density at radius 3 is 2.62 bits per heavy atom. The molecule has 10 heteroatoms. The Bertz CT molecular complexity index is 1630. The van der Waals surface area contributed by atoms with E-state index in [4.69, 9.17) is 18.9 Å². The van der Waals surface area contributed by atoms with E-state index in [2.05, 4.69) is 18.5 Å². The Balaban J connectivity index is 1.89. The van der Waals surface area contributed by atoms with E-state index in [1.807, 2.05) is 6.07 Å². The predicted octanol–water partition coefficient (Wildman–Crippen LogP) is 3.87. The Labute approximate surface area is 235 Å². The third-order valence-corrected chi connectivity index (χ3v) is 7.32. The summed E-state index contributed by atoms with van der Waals surface area (Å²) in [6.07, 6.45) is 5.07. The molecule has 0 aliphatic carbocycles. The number of hydrogen-bond donors (Lipinski definition) is 1. The van der Waals surface area contributed by atoms with Crippen LogP contribution >= 0.6 is 11.3 Å².